The highest BCUT2D eigenvalue weighted by molar-refractivity contribution is 5.85. The highest BCUT2D eigenvalue weighted by atomic mass is 16.1. The molecule has 0 radical (unpaired) electrons. The fourth-order valence-electron chi connectivity index (χ4n) is 5.59. The summed E-state index contributed by atoms with van der Waals surface area (Å²) < 4.78 is 0. The number of Topliss-reactive ketones (excluding diaryl/α,β-unsaturated/α-hetero) is 1. The largest absolute Gasteiger partial charge is 0.309 e. The second kappa shape index (κ2) is 3.81. The topological polar surface area (TPSA) is 29.1 Å². The molecule has 5 fully saturated rings. The maximum Gasteiger partial charge on any atom is 0.150 e. The molecule has 4 saturated carbocycles. The maximum absolute atomic E-state index is 11.8. The Hall–Kier alpha value is -0.370. The predicted octanol–water partition coefficient (Wildman–Crippen LogP) is 2.24. The minimum Gasteiger partial charge on any atom is -0.309 e. The normalized spacial score (nSPS) is 52.4. The summed E-state index contributed by atoms with van der Waals surface area (Å²) in [7, 11) is 0. The molecule has 17 heavy (non-hydrogen) atoms. The number of rotatable bonds is 2. The summed E-state index contributed by atoms with van der Waals surface area (Å²) in [6, 6.07) is 0. The van der Waals surface area contributed by atoms with Gasteiger partial charge in [0.05, 0.1) is 6.54 Å². The van der Waals surface area contributed by atoms with Gasteiger partial charge in [-0.3, -0.25) is 4.79 Å². The van der Waals surface area contributed by atoms with Gasteiger partial charge in [0.1, 0.15) is 0 Å². The molecule has 5 aliphatic rings. The van der Waals surface area contributed by atoms with E-state index in [1.807, 2.05) is 0 Å². The quantitative estimate of drug-likeness (QED) is 0.792. The van der Waals surface area contributed by atoms with Crippen molar-refractivity contribution in [2.24, 2.45) is 35.5 Å². The summed E-state index contributed by atoms with van der Waals surface area (Å²) in [4.78, 5) is 11.8. The fourth-order valence-corrected chi connectivity index (χ4v) is 5.59. The lowest BCUT2D eigenvalue weighted by atomic mass is 9.51. The molecule has 0 amide bonds. The van der Waals surface area contributed by atoms with Crippen LogP contribution in [0.25, 0.3) is 0 Å². The van der Waals surface area contributed by atoms with Crippen molar-refractivity contribution in [3.05, 3.63) is 0 Å². The highest BCUT2D eigenvalue weighted by Crippen LogP contribution is 2.57. The van der Waals surface area contributed by atoms with Gasteiger partial charge in [-0.15, -0.1) is 0 Å². The van der Waals surface area contributed by atoms with Gasteiger partial charge in [0.2, 0.25) is 0 Å². The number of carbonyl (C=O) groups is 1. The van der Waals surface area contributed by atoms with E-state index >= 15 is 0 Å². The van der Waals surface area contributed by atoms with Crippen molar-refractivity contribution in [3.63, 3.8) is 0 Å². The van der Waals surface area contributed by atoms with Crippen molar-refractivity contribution in [2.75, 3.05) is 13.1 Å². The maximum atomic E-state index is 11.8. The van der Waals surface area contributed by atoms with Crippen LogP contribution in [0.2, 0.25) is 0 Å². The number of ketones is 1. The lowest BCUT2D eigenvalue weighted by molar-refractivity contribution is -0.121. The van der Waals surface area contributed by atoms with E-state index < -0.39 is 0 Å². The SMILES string of the molecule is O=C1CNCC1CC1C2CC3CC(C2)CC1C3. The zero-order chi connectivity index (χ0) is 11.4. The molecule has 0 aromatic heterocycles. The fraction of sp³-hybridized carbons (Fsp3) is 0.933. The molecule has 0 aromatic carbocycles. The minimum absolute atomic E-state index is 0.359. The Bertz CT molecular complexity index is 310. The van der Waals surface area contributed by atoms with Crippen LogP contribution in [0.15, 0.2) is 0 Å². The lowest BCUT2D eigenvalue weighted by Crippen LogP contribution is -2.46. The molecular weight excluding hydrogens is 210 g/mol. The summed E-state index contributed by atoms with van der Waals surface area (Å²) in [5, 5.41) is 3.25. The van der Waals surface area contributed by atoms with Crippen LogP contribution in [-0.2, 0) is 4.79 Å². The Morgan fingerprint density at radius 3 is 2.18 bits per heavy atom. The monoisotopic (exact) mass is 233 g/mol. The van der Waals surface area contributed by atoms with E-state index in [9.17, 15) is 4.79 Å². The van der Waals surface area contributed by atoms with Crippen LogP contribution in [-0.4, -0.2) is 18.9 Å². The summed E-state index contributed by atoms with van der Waals surface area (Å²) in [5.41, 5.74) is 0. The number of nitrogens with one attached hydrogen (secondary N) is 1. The van der Waals surface area contributed by atoms with Crippen LogP contribution in [0.5, 0.6) is 0 Å². The van der Waals surface area contributed by atoms with Gasteiger partial charge < -0.3 is 5.32 Å². The van der Waals surface area contributed by atoms with Crippen LogP contribution in [0.4, 0.5) is 0 Å². The first kappa shape index (κ1) is 10.5. The molecule has 1 N–H and O–H groups in total. The molecule has 1 atom stereocenters. The van der Waals surface area contributed by atoms with Crippen LogP contribution in [0.1, 0.15) is 38.5 Å². The molecule has 1 saturated heterocycles. The zero-order valence-electron chi connectivity index (χ0n) is 10.5. The Morgan fingerprint density at radius 2 is 1.65 bits per heavy atom. The van der Waals surface area contributed by atoms with Gasteiger partial charge in [0.15, 0.2) is 5.78 Å². The van der Waals surface area contributed by atoms with E-state index in [0.717, 1.165) is 36.1 Å². The van der Waals surface area contributed by atoms with Crippen molar-refractivity contribution in [1.82, 2.24) is 5.32 Å². The molecule has 4 bridgehead atoms. The molecule has 4 aliphatic carbocycles. The van der Waals surface area contributed by atoms with Gasteiger partial charge in [0, 0.05) is 12.5 Å². The summed E-state index contributed by atoms with van der Waals surface area (Å²) in [6.45, 7) is 1.60. The standard InChI is InChI=1S/C15H23NO/c17-15-8-16-7-13(15)6-14-11-2-9-1-10(4-11)5-12(14)3-9/h9-14,16H,1-8H2. The Labute approximate surface area is 104 Å². The summed E-state index contributed by atoms with van der Waals surface area (Å²) in [5.74, 6) is 5.84. The smallest absolute Gasteiger partial charge is 0.150 e. The van der Waals surface area contributed by atoms with Gasteiger partial charge >= 0.3 is 0 Å². The molecular formula is C15H23NO. The first-order chi connectivity index (χ1) is 8.29. The van der Waals surface area contributed by atoms with Crippen LogP contribution >= 0.6 is 0 Å². The van der Waals surface area contributed by atoms with E-state index in [2.05, 4.69) is 5.32 Å². The van der Waals surface area contributed by atoms with Crippen LogP contribution in [0.3, 0.4) is 0 Å². The van der Waals surface area contributed by atoms with Crippen molar-refractivity contribution in [2.45, 2.75) is 38.5 Å². The Kier molecular flexibility index (Phi) is 2.36. The summed E-state index contributed by atoms with van der Waals surface area (Å²) in [6.07, 6.45) is 8.71. The molecule has 0 aromatic rings. The Morgan fingerprint density at radius 1 is 1.00 bits per heavy atom. The Balaban J connectivity index is 1.49. The van der Waals surface area contributed by atoms with Gasteiger partial charge in [-0.25, -0.2) is 0 Å². The third kappa shape index (κ3) is 1.68. The van der Waals surface area contributed by atoms with Gasteiger partial charge in [-0.05, 0) is 68.1 Å². The number of carbonyl (C=O) groups excluding carboxylic acids is 1. The number of hydrogen-bond donors (Lipinski definition) is 1. The van der Waals surface area contributed by atoms with E-state index in [1.54, 1.807) is 0 Å². The van der Waals surface area contributed by atoms with Crippen LogP contribution < -0.4 is 5.32 Å². The summed E-state index contributed by atoms with van der Waals surface area (Å²) >= 11 is 0. The van der Waals surface area contributed by atoms with Crippen molar-refractivity contribution in [3.8, 4) is 0 Å². The molecule has 1 aliphatic heterocycles. The van der Waals surface area contributed by atoms with E-state index in [4.69, 9.17) is 0 Å². The minimum atomic E-state index is 0.359. The van der Waals surface area contributed by atoms with Gasteiger partial charge in [-0.1, -0.05) is 0 Å². The number of hydrogen-bond acceptors (Lipinski definition) is 2. The average Bonchev–Trinajstić information content (AvgIpc) is 2.68. The molecule has 0 spiro atoms. The first-order valence-corrected chi connectivity index (χ1v) is 7.53. The van der Waals surface area contributed by atoms with E-state index in [0.29, 0.717) is 18.2 Å². The van der Waals surface area contributed by atoms with Crippen molar-refractivity contribution < 1.29 is 4.79 Å². The molecule has 2 nitrogen and oxygen atoms in total. The predicted molar refractivity (Wildman–Crippen MR) is 66.5 cm³/mol. The second-order valence-electron chi connectivity index (χ2n) is 7.12. The molecule has 2 heteroatoms. The van der Waals surface area contributed by atoms with Gasteiger partial charge in [0.25, 0.3) is 0 Å². The van der Waals surface area contributed by atoms with Crippen LogP contribution in [0, 0.1) is 35.5 Å². The third-order valence-electron chi connectivity index (χ3n) is 6.12. The third-order valence-corrected chi connectivity index (χ3v) is 6.12. The average molecular weight is 233 g/mol. The van der Waals surface area contributed by atoms with Crippen molar-refractivity contribution >= 4 is 5.78 Å². The highest BCUT2D eigenvalue weighted by Gasteiger charge is 2.48. The zero-order valence-corrected chi connectivity index (χ0v) is 10.5. The molecule has 1 heterocycles. The van der Waals surface area contributed by atoms with E-state index in [1.165, 1.54) is 38.5 Å². The first-order valence-electron chi connectivity index (χ1n) is 7.53. The second-order valence-corrected chi connectivity index (χ2v) is 7.12. The molecule has 94 valence electrons. The van der Waals surface area contributed by atoms with E-state index in [-0.39, 0.29) is 0 Å². The lowest BCUT2D eigenvalue weighted by Gasteiger charge is -2.55. The van der Waals surface area contributed by atoms with Gasteiger partial charge in [-0.2, -0.15) is 0 Å². The molecule has 5 rings (SSSR count). The molecule has 1 unspecified atom stereocenters. The van der Waals surface area contributed by atoms with Crippen molar-refractivity contribution in [1.29, 1.82) is 0 Å².